The Balaban J connectivity index is 1.68. The standard InChI is InChI=1S/C20H22BrN3O3S/c1-13(25)17(24-10-16(20(22)26)23-12-24)8-6-14-4-2-3-5-18(14)27-11-15-7-9-19(21)28-15/h2-5,7,9-10,12-13,17,25H,6,8,11H2,1H3,(H2,22,26)/t13-,17+/m0/s1. The molecule has 0 spiro atoms. The van der Waals surface area contributed by atoms with Crippen LogP contribution in [0.15, 0.2) is 52.7 Å². The molecule has 2 aromatic heterocycles. The fraction of sp³-hybridized carbons (Fsp3) is 0.300. The Labute approximate surface area is 176 Å². The molecule has 0 radical (unpaired) electrons. The number of carbonyl (C=O) groups excluding carboxylic acids is 1. The molecule has 1 aromatic carbocycles. The lowest BCUT2D eigenvalue weighted by atomic mass is 10.0. The van der Waals surface area contributed by atoms with Crippen LogP contribution in [0.25, 0.3) is 0 Å². The number of aliphatic hydroxyl groups excluding tert-OH is 1. The summed E-state index contributed by atoms with van der Waals surface area (Å²) in [5.41, 5.74) is 6.53. The average molecular weight is 464 g/mol. The van der Waals surface area contributed by atoms with Gasteiger partial charge >= 0.3 is 0 Å². The highest BCUT2D eigenvalue weighted by atomic mass is 79.9. The normalized spacial score (nSPS) is 13.2. The van der Waals surface area contributed by atoms with Gasteiger partial charge in [0.15, 0.2) is 0 Å². The van der Waals surface area contributed by atoms with Crippen molar-refractivity contribution in [2.24, 2.45) is 5.73 Å². The molecule has 148 valence electrons. The third-order valence-corrected chi connectivity index (χ3v) is 6.07. The van der Waals surface area contributed by atoms with Crippen LogP contribution in [0, 0.1) is 0 Å². The molecule has 0 saturated heterocycles. The first-order valence-electron chi connectivity index (χ1n) is 8.90. The van der Waals surface area contributed by atoms with E-state index < -0.39 is 12.0 Å². The van der Waals surface area contributed by atoms with E-state index in [-0.39, 0.29) is 11.7 Å². The molecule has 3 aromatic rings. The highest BCUT2D eigenvalue weighted by molar-refractivity contribution is 9.11. The van der Waals surface area contributed by atoms with E-state index >= 15 is 0 Å². The average Bonchev–Trinajstić information content (AvgIpc) is 3.30. The van der Waals surface area contributed by atoms with E-state index in [1.807, 2.05) is 36.4 Å². The number of nitrogens with zero attached hydrogens (tertiary/aromatic N) is 2. The van der Waals surface area contributed by atoms with Gasteiger partial charge in [-0.1, -0.05) is 18.2 Å². The van der Waals surface area contributed by atoms with Crippen molar-refractivity contribution in [1.82, 2.24) is 9.55 Å². The number of rotatable bonds is 9. The zero-order chi connectivity index (χ0) is 20.1. The van der Waals surface area contributed by atoms with Crippen LogP contribution in [-0.4, -0.2) is 26.7 Å². The van der Waals surface area contributed by atoms with Crippen molar-refractivity contribution in [3.8, 4) is 5.75 Å². The van der Waals surface area contributed by atoms with Crippen LogP contribution in [0.4, 0.5) is 0 Å². The van der Waals surface area contributed by atoms with E-state index in [0.29, 0.717) is 19.4 Å². The van der Waals surface area contributed by atoms with Gasteiger partial charge < -0.3 is 20.1 Å². The Bertz CT molecular complexity index is 938. The van der Waals surface area contributed by atoms with Crippen LogP contribution in [0.3, 0.4) is 0 Å². The molecule has 2 heterocycles. The Morgan fingerprint density at radius 3 is 2.79 bits per heavy atom. The van der Waals surface area contributed by atoms with E-state index in [0.717, 1.165) is 20.0 Å². The summed E-state index contributed by atoms with van der Waals surface area (Å²) in [5.74, 6) is 0.252. The number of imidazole rings is 1. The number of carbonyl (C=O) groups is 1. The molecule has 3 rings (SSSR count). The molecule has 6 nitrogen and oxygen atoms in total. The summed E-state index contributed by atoms with van der Waals surface area (Å²) < 4.78 is 8.84. The van der Waals surface area contributed by atoms with Gasteiger partial charge in [0.25, 0.3) is 5.91 Å². The Morgan fingerprint density at radius 2 is 2.14 bits per heavy atom. The smallest absolute Gasteiger partial charge is 0.268 e. The Kier molecular flexibility index (Phi) is 6.88. The molecule has 0 aliphatic carbocycles. The SMILES string of the molecule is C[C@H](O)[C@@H](CCc1ccccc1OCc1ccc(Br)s1)n1cnc(C(N)=O)c1. The number of aliphatic hydroxyl groups is 1. The van der Waals surface area contributed by atoms with Crippen molar-refractivity contribution in [2.45, 2.75) is 38.5 Å². The number of hydrogen-bond acceptors (Lipinski definition) is 5. The summed E-state index contributed by atoms with van der Waals surface area (Å²) in [5, 5.41) is 10.2. The van der Waals surface area contributed by atoms with Crippen LogP contribution in [0.5, 0.6) is 5.75 Å². The fourth-order valence-electron chi connectivity index (χ4n) is 3.02. The summed E-state index contributed by atoms with van der Waals surface area (Å²) in [6.07, 6.45) is 3.89. The van der Waals surface area contributed by atoms with Crippen LogP contribution in [0.1, 0.15) is 40.3 Å². The van der Waals surface area contributed by atoms with Crippen molar-refractivity contribution in [3.63, 3.8) is 0 Å². The van der Waals surface area contributed by atoms with E-state index in [1.54, 1.807) is 29.0 Å². The number of para-hydroxylation sites is 1. The minimum Gasteiger partial charge on any atom is -0.488 e. The second-order valence-electron chi connectivity index (χ2n) is 6.52. The molecule has 1 amide bonds. The molecule has 0 fully saturated rings. The van der Waals surface area contributed by atoms with Gasteiger partial charge in [-0.25, -0.2) is 4.98 Å². The molecule has 0 aliphatic rings. The molecule has 28 heavy (non-hydrogen) atoms. The van der Waals surface area contributed by atoms with E-state index in [2.05, 4.69) is 20.9 Å². The number of aryl methyl sites for hydroxylation is 1. The number of halogens is 1. The van der Waals surface area contributed by atoms with Gasteiger partial charge in [-0.2, -0.15) is 0 Å². The molecule has 0 unspecified atom stereocenters. The molecular weight excluding hydrogens is 442 g/mol. The van der Waals surface area contributed by atoms with Crippen LogP contribution in [0.2, 0.25) is 0 Å². The maximum atomic E-state index is 11.3. The summed E-state index contributed by atoms with van der Waals surface area (Å²) in [4.78, 5) is 16.4. The fourth-order valence-corrected chi connectivity index (χ4v) is 4.41. The summed E-state index contributed by atoms with van der Waals surface area (Å²) in [7, 11) is 0. The molecule has 2 atom stereocenters. The lowest BCUT2D eigenvalue weighted by molar-refractivity contribution is 0.0994. The first-order valence-corrected chi connectivity index (χ1v) is 10.5. The van der Waals surface area contributed by atoms with Crippen LogP contribution < -0.4 is 10.5 Å². The number of ether oxygens (including phenoxy) is 1. The summed E-state index contributed by atoms with van der Waals surface area (Å²) >= 11 is 5.11. The van der Waals surface area contributed by atoms with Crippen molar-refractivity contribution in [2.75, 3.05) is 0 Å². The van der Waals surface area contributed by atoms with Gasteiger partial charge in [-0.05, 0) is 59.5 Å². The van der Waals surface area contributed by atoms with Crippen LogP contribution >= 0.6 is 27.3 Å². The third kappa shape index (κ3) is 5.21. The number of hydrogen-bond donors (Lipinski definition) is 2. The molecule has 0 saturated carbocycles. The first kappa shape index (κ1) is 20.6. The lowest BCUT2D eigenvalue weighted by Crippen LogP contribution is -2.21. The number of amides is 1. The highest BCUT2D eigenvalue weighted by Gasteiger charge is 2.19. The van der Waals surface area contributed by atoms with Gasteiger partial charge in [-0.15, -0.1) is 11.3 Å². The summed E-state index contributed by atoms with van der Waals surface area (Å²) in [6, 6.07) is 11.7. The number of nitrogens with two attached hydrogens (primary N) is 1. The minimum atomic E-state index is -0.605. The van der Waals surface area contributed by atoms with E-state index in [4.69, 9.17) is 10.5 Å². The highest BCUT2D eigenvalue weighted by Crippen LogP contribution is 2.27. The molecule has 8 heteroatoms. The predicted molar refractivity (Wildman–Crippen MR) is 113 cm³/mol. The quantitative estimate of drug-likeness (QED) is 0.502. The third-order valence-electron chi connectivity index (χ3n) is 4.47. The molecular formula is C20H22BrN3O3S. The lowest BCUT2D eigenvalue weighted by Gasteiger charge is -2.22. The van der Waals surface area contributed by atoms with Gasteiger partial charge in [-0.3, -0.25) is 4.79 Å². The minimum absolute atomic E-state index is 0.191. The summed E-state index contributed by atoms with van der Waals surface area (Å²) in [6.45, 7) is 2.24. The zero-order valence-corrected chi connectivity index (χ0v) is 17.8. The predicted octanol–water partition coefficient (Wildman–Crippen LogP) is 3.94. The monoisotopic (exact) mass is 463 g/mol. The Hall–Kier alpha value is -2.16. The second-order valence-corrected chi connectivity index (χ2v) is 9.07. The zero-order valence-electron chi connectivity index (χ0n) is 15.4. The van der Waals surface area contributed by atoms with E-state index in [1.165, 1.54) is 6.33 Å². The van der Waals surface area contributed by atoms with Gasteiger partial charge in [0, 0.05) is 11.1 Å². The molecule has 0 bridgehead atoms. The van der Waals surface area contributed by atoms with Crippen molar-refractivity contribution in [1.29, 1.82) is 0 Å². The number of aromatic nitrogens is 2. The van der Waals surface area contributed by atoms with Crippen molar-refractivity contribution >= 4 is 33.2 Å². The first-order chi connectivity index (χ1) is 13.4. The second kappa shape index (κ2) is 9.36. The molecule has 3 N–H and O–H groups in total. The van der Waals surface area contributed by atoms with Gasteiger partial charge in [0.2, 0.25) is 0 Å². The number of thiophene rings is 1. The van der Waals surface area contributed by atoms with Crippen molar-refractivity contribution in [3.05, 3.63) is 68.8 Å². The van der Waals surface area contributed by atoms with Gasteiger partial charge in [0.1, 0.15) is 18.1 Å². The molecule has 0 aliphatic heterocycles. The topological polar surface area (TPSA) is 90.4 Å². The van der Waals surface area contributed by atoms with Gasteiger partial charge in [0.05, 0.1) is 22.3 Å². The number of benzene rings is 1. The van der Waals surface area contributed by atoms with Crippen molar-refractivity contribution < 1.29 is 14.6 Å². The maximum Gasteiger partial charge on any atom is 0.268 e. The van der Waals surface area contributed by atoms with E-state index in [9.17, 15) is 9.90 Å². The Morgan fingerprint density at radius 1 is 1.36 bits per heavy atom. The number of primary amides is 1. The maximum absolute atomic E-state index is 11.3. The largest absolute Gasteiger partial charge is 0.488 e. The van der Waals surface area contributed by atoms with Crippen LogP contribution in [-0.2, 0) is 13.0 Å².